The summed E-state index contributed by atoms with van der Waals surface area (Å²) in [6.45, 7) is 4.88. The number of hydrogen-bond donors (Lipinski definition) is 2. The van der Waals surface area contributed by atoms with Crippen LogP contribution in [0.4, 0.5) is 11.4 Å². The van der Waals surface area contributed by atoms with Crippen molar-refractivity contribution < 1.29 is 8.42 Å². The molecule has 2 rings (SSSR count). The molecule has 2 N–H and O–H groups in total. The number of nitrogens with one attached hydrogen (secondary N) is 2. The molecule has 5 heteroatoms. The van der Waals surface area contributed by atoms with E-state index in [1.807, 2.05) is 12.1 Å². The van der Waals surface area contributed by atoms with Crippen molar-refractivity contribution in [2.75, 3.05) is 16.3 Å². The third-order valence-electron chi connectivity index (χ3n) is 3.23. The lowest BCUT2D eigenvalue weighted by atomic mass is 10.1. The minimum absolute atomic E-state index is 0.558. The van der Waals surface area contributed by atoms with Crippen LogP contribution >= 0.6 is 0 Å². The minimum Gasteiger partial charge on any atom is -0.381 e. The largest absolute Gasteiger partial charge is 0.381 e. The van der Waals surface area contributed by atoms with Crippen molar-refractivity contribution in [3.05, 3.63) is 59.2 Å². The van der Waals surface area contributed by atoms with E-state index in [0.717, 1.165) is 11.9 Å². The molecule has 21 heavy (non-hydrogen) atoms. The molecule has 0 aromatic heterocycles. The fourth-order valence-corrected chi connectivity index (χ4v) is 2.58. The molecule has 0 fully saturated rings. The maximum atomic E-state index is 11.2. The topological polar surface area (TPSA) is 58.2 Å². The van der Waals surface area contributed by atoms with Crippen molar-refractivity contribution in [3.8, 4) is 0 Å². The predicted octanol–water partition coefficient (Wildman–Crippen LogP) is 3.29. The molecule has 0 aliphatic carbocycles. The van der Waals surface area contributed by atoms with Gasteiger partial charge in [0.1, 0.15) is 0 Å². The van der Waals surface area contributed by atoms with Crippen LogP contribution in [-0.2, 0) is 16.6 Å². The number of aryl methyl sites for hydroxylation is 2. The molecule has 0 aliphatic heterocycles. The first-order valence-corrected chi connectivity index (χ1v) is 8.60. The number of hydrogen-bond acceptors (Lipinski definition) is 3. The third-order valence-corrected chi connectivity index (χ3v) is 3.84. The average molecular weight is 304 g/mol. The van der Waals surface area contributed by atoms with Gasteiger partial charge in [-0.05, 0) is 48.7 Å². The van der Waals surface area contributed by atoms with Gasteiger partial charge in [0.2, 0.25) is 10.0 Å². The molecule has 0 radical (unpaired) electrons. The summed E-state index contributed by atoms with van der Waals surface area (Å²) in [6.07, 6.45) is 1.14. The first kappa shape index (κ1) is 15.4. The summed E-state index contributed by atoms with van der Waals surface area (Å²) in [4.78, 5) is 0. The van der Waals surface area contributed by atoms with Gasteiger partial charge in [0.15, 0.2) is 0 Å². The Hall–Kier alpha value is -2.01. The molecule has 112 valence electrons. The van der Waals surface area contributed by atoms with Crippen molar-refractivity contribution in [3.63, 3.8) is 0 Å². The Kier molecular flexibility index (Phi) is 4.53. The quantitative estimate of drug-likeness (QED) is 0.891. The van der Waals surface area contributed by atoms with Crippen LogP contribution in [0.25, 0.3) is 0 Å². The fourth-order valence-electron chi connectivity index (χ4n) is 2.02. The van der Waals surface area contributed by atoms with Gasteiger partial charge in [0.25, 0.3) is 0 Å². The smallest absolute Gasteiger partial charge is 0.229 e. The monoisotopic (exact) mass is 304 g/mol. The number of rotatable bonds is 5. The SMILES string of the molecule is Cc1ccc(CNc2cccc(NS(C)(=O)=O)c2)cc1C. The van der Waals surface area contributed by atoms with Crippen LogP contribution in [0.15, 0.2) is 42.5 Å². The summed E-state index contributed by atoms with van der Waals surface area (Å²) < 4.78 is 24.9. The van der Waals surface area contributed by atoms with Crippen molar-refractivity contribution >= 4 is 21.4 Å². The van der Waals surface area contributed by atoms with Crippen LogP contribution < -0.4 is 10.0 Å². The van der Waals surface area contributed by atoms with E-state index in [1.165, 1.54) is 16.7 Å². The average Bonchev–Trinajstić information content (AvgIpc) is 2.39. The highest BCUT2D eigenvalue weighted by Gasteiger charge is 2.02. The maximum absolute atomic E-state index is 11.2. The van der Waals surface area contributed by atoms with Crippen LogP contribution in [0.5, 0.6) is 0 Å². The second-order valence-electron chi connectivity index (χ2n) is 5.23. The summed E-state index contributed by atoms with van der Waals surface area (Å²) in [6, 6.07) is 13.6. The van der Waals surface area contributed by atoms with E-state index in [4.69, 9.17) is 0 Å². The Labute approximate surface area is 126 Å². The maximum Gasteiger partial charge on any atom is 0.229 e. The van der Waals surface area contributed by atoms with Gasteiger partial charge in [0, 0.05) is 12.2 Å². The number of sulfonamides is 1. The molecule has 0 unspecified atom stereocenters. The summed E-state index contributed by atoms with van der Waals surface area (Å²) >= 11 is 0. The first-order valence-electron chi connectivity index (χ1n) is 6.71. The van der Waals surface area contributed by atoms with E-state index in [-0.39, 0.29) is 0 Å². The van der Waals surface area contributed by atoms with Crippen molar-refractivity contribution in [1.82, 2.24) is 0 Å². The highest BCUT2D eigenvalue weighted by atomic mass is 32.2. The summed E-state index contributed by atoms with van der Waals surface area (Å²) in [5.74, 6) is 0. The van der Waals surface area contributed by atoms with Gasteiger partial charge in [0.05, 0.1) is 11.9 Å². The molecular weight excluding hydrogens is 284 g/mol. The second-order valence-corrected chi connectivity index (χ2v) is 6.98. The lowest BCUT2D eigenvalue weighted by Gasteiger charge is -2.10. The number of anilines is 2. The Morgan fingerprint density at radius 1 is 0.952 bits per heavy atom. The van der Waals surface area contributed by atoms with Gasteiger partial charge in [-0.15, -0.1) is 0 Å². The van der Waals surface area contributed by atoms with Crippen molar-refractivity contribution in [1.29, 1.82) is 0 Å². The van der Waals surface area contributed by atoms with Crippen LogP contribution in [0.2, 0.25) is 0 Å². The molecule has 0 atom stereocenters. The molecule has 2 aromatic carbocycles. The molecule has 2 aromatic rings. The number of benzene rings is 2. The Bertz CT molecular complexity index is 740. The molecule has 0 amide bonds. The minimum atomic E-state index is -3.25. The van der Waals surface area contributed by atoms with E-state index >= 15 is 0 Å². The van der Waals surface area contributed by atoms with E-state index < -0.39 is 10.0 Å². The van der Waals surface area contributed by atoms with Gasteiger partial charge in [-0.1, -0.05) is 24.3 Å². The summed E-state index contributed by atoms with van der Waals surface area (Å²) in [5.41, 5.74) is 5.17. The molecule has 0 bridgehead atoms. The van der Waals surface area contributed by atoms with E-state index in [0.29, 0.717) is 12.2 Å². The molecule has 0 heterocycles. The van der Waals surface area contributed by atoms with Gasteiger partial charge in [-0.25, -0.2) is 8.42 Å². The van der Waals surface area contributed by atoms with E-state index in [2.05, 4.69) is 42.1 Å². The van der Waals surface area contributed by atoms with Crippen molar-refractivity contribution in [2.24, 2.45) is 0 Å². The predicted molar refractivity (Wildman–Crippen MR) is 88.2 cm³/mol. The Morgan fingerprint density at radius 2 is 1.67 bits per heavy atom. The lowest BCUT2D eigenvalue weighted by Crippen LogP contribution is -2.09. The Balaban J connectivity index is 2.06. The van der Waals surface area contributed by atoms with Crippen LogP contribution in [-0.4, -0.2) is 14.7 Å². The first-order chi connectivity index (χ1) is 9.83. The highest BCUT2D eigenvalue weighted by Crippen LogP contribution is 2.17. The summed E-state index contributed by atoms with van der Waals surface area (Å²) in [7, 11) is -3.25. The zero-order valence-corrected chi connectivity index (χ0v) is 13.3. The molecule has 4 nitrogen and oxygen atoms in total. The normalized spacial score (nSPS) is 11.2. The standard InChI is InChI=1S/C16H20N2O2S/c1-12-7-8-14(9-13(12)2)11-17-15-5-4-6-16(10-15)18-21(3,19)20/h4-10,17-18H,11H2,1-3H3. The van der Waals surface area contributed by atoms with Gasteiger partial charge >= 0.3 is 0 Å². The molecule has 0 spiro atoms. The van der Waals surface area contributed by atoms with Gasteiger partial charge in [-0.3, -0.25) is 4.72 Å². The summed E-state index contributed by atoms with van der Waals surface area (Å²) in [5, 5.41) is 3.30. The van der Waals surface area contributed by atoms with Gasteiger partial charge < -0.3 is 5.32 Å². The molecule has 0 saturated carbocycles. The second kappa shape index (κ2) is 6.18. The van der Waals surface area contributed by atoms with Crippen molar-refractivity contribution in [2.45, 2.75) is 20.4 Å². The Morgan fingerprint density at radius 3 is 2.33 bits per heavy atom. The van der Waals surface area contributed by atoms with Gasteiger partial charge in [-0.2, -0.15) is 0 Å². The molecular formula is C16H20N2O2S. The fraction of sp³-hybridized carbons (Fsp3) is 0.250. The van der Waals surface area contributed by atoms with E-state index in [9.17, 15) is 8.42 Å². The van der Waals surface area contributed by atoms with Crippen LogP contribution in [0, 0.1) is 13.8 Å². The molecule has 0 aliphatic rings. The van der Waals surface area contributed by atoms with Crippen LogP contribution in [0.3, 0.4) is 0 Å². The lowest BCUT2D eigenvalue weighted by molar-refractivity contribution is 0.607. The third kappa shape index (κ3) is 4.79. The highest BCUT2D eigenvalue weighted by molar-refractivity contribution is 7.92. The van der Waals surface area contributed by atoms with Crippen LogP contribution in [0.1, 0.15) is 16.7 Å². The molecule has 0 saturated heterocycles. The van der Waals surface area contributed by atoms with E-state index in [1.54, 1.807) is 12.1 Å². The zero-order valence-electron chi connectivity index (χ0n) is 12.5. The zero-order chi connectivity index (χ0) is 15.5.